The number of nitrogens with zero attached hydrogens (tertiary/aromatic N) is 2. The van der Waals surface area contributed by atoms with Gasteiger partial charge in [0.05, 0.1) is 5.69 Å². The topological polar surface area (TPSA) is 6.48 Å². The molecule has 0 saturated carbocycles. The van der Waals surface area contributed by atoms with Crippen LogP contribution >= 0.6 is 0 Å². The van der Waals surface area contributed by atoms with Gasteiger partial charge in [-0.15, -0.1) is 0 Å². The zero-order valence-corrected chi connectivity index (χ0v) is 44.2. The summed E-state index contributed by atoms with van der Waals surface area (Å²) >= 11 is 0. The SMILES string of the molecule is C=C1/C=C\C(c2c3ccccc3c(-c3ccc(N(C(/C=C\C(=C)N(C)c4ccccc4C(C)(C)C)=C/CC)c4ccccc4)c4ccccc34)c3cc(C)ccc23)=C/CCC(C)([C@H](C)CC)c2ccccc21. The lowest BCUT2D eigenvalue weighted by Crippen LogP contribution is -2.31. The summed E-state index contributed by atoms with van der Waals surface area (Å²) in [5, 5.41) is 7.39. The minimum Gasteiger partial charge on any atom is -0.345 e. The summed E-state index contributed by atoms with van der Waals surface area (Å²) in [5.41, 5.74) is 16.6. The van der Waals surface area contributed by atoms with E-state index >= 15 is 0 Å². The van der Waals surface area contributed by atoms with Crippen LogP contribution in [0.4, 0.5) is 17.1 Å². The van der Waals surface area contributed by atoms with Crippen molar-refractivity contribution in [1.29, 1.82) is 0 Å². The summed E-state index contributed by atoms with van der Waals surface area (Å²) < 4.78 is 0. The molecule has 9 rings (SSSR count). The van der Waals surface area contributed by atoms with E-state index in [1.54, 1.807) is 0 Å². The van der Waals surface area contributed by atoms with Gasteiger partial charge in [0.2, 0.25) is 0 Å². The first-order valence-corrected chi connectivity index (χ1v) is 26.1. The first-order chi connectivity index (χ1) is 34.7. The van der Waals surface area contributed by atoms with Crippen LogP contribution in [-0.4, -0.2) is 7.05 Å². The van der Waals surface area contributed by atoms with E-state index in [4.69, 9.17) is 6.58 Å². The minimum absolute atomic E-state index is 0.00300. The van der Waals surface area contributed by atoms with Crippen LogP contribution in [0.25, 0.3) is 54.6 Å². The molecule has 362 valence electrons. The van der Waals surface area contributed by atoms with Crippen LogP contribution in [0.1, 0.15) is 102 Å². The summed E-state index contributed by atoms with van der Waals surface area (Å²) in [6.07, 6.45) is 17.8. The third-order valence-electron chi connectivity index (χ3n) is 15.6. The largest absolute Gasteiger partial charge is 0.345 e. The molecular formula is C70H72N2. The van der Waals surface area contributed by atoms with Gasteiger partial charge in [0.25, 0.3) is 0 Å². The van der Waals surface area contributed by atoms with Crippen molar-refractivity contribution in [3.05, 3.63) is 247 Å². The van der Waals surface area contributed by atoms with E-state index in [1.807, 2.05) is 0 Å². The van der Waals surface area contributed by atoms with Crippen molar-refractivity contribution in [2.75, 3.05) is 16.8 Å². The van der Waals surface area contributed by atoms with Gasteiger partial charge in [-0.1, -0.05) is 231 Å². The van der Waals surface area contributed by atoms with Crippen molar-refractivity contribution < 1.29 is 0 Å². The van der Waals surface area contributed by atoms with E-state index in [9.17, 15) is 0 Å². The van der Waals surface area contributed by atoms with Crippen LogP contribution in [-0.2, 0) is 10.8 Å². The third kappa shape index (κ3) is 9.44. The molecular weight excluding hydrogens is 869 g/mol. The Bertz CT molecular complexity index is 3460. The van der Waals surface area contributed by atoms with E-state index < -0.39 is 0 Å². The third-order valence-corrected chi connectivity index (χ3v) is 15.6. The van der Waals surface area contributed by atoms with Gasteiger partial charge in [0.1, 0.15) is 0 Å². The highest BCUT2D eigenvalue weighted by Gasteiger charge is 2.34. The minimum atomic E-state index is -0.0128. The number of likely N-dealkylation sites (N-methyl/N-ethyl adjacent to an activating group) is 1. The molecule has 0 amide bonds. The fourth-order valence-corrected chi connectivity index (χ4v) is 11.3. The predicted octanol–water partition coefficient (Wildman–Crippen LogP) is 19.8. The highest BCUT2D eigenvalue weighted by molar-refractivity contribution is 6.23. The molecule has 2 atom stereocenters. The Morgan fingerprint density at radius 2 is 1.31 bits per heavy atom. The average molecular weight is 941 g/mol. The molecule has 1 aliphatic carbocycles. The Balaban J connectivity index is 1.21. The molecule has 0 aliphatic heterocycles. The fourth-order valence-electron chi connectivity index (χ4n) is 11.3. The van der Waals surface area contributed by atoms with E-state index in [-0.39, 0.29) is 10.8 Å². The van der Waals surface area contributed by atoms with Crippen molar-refractivity contribution in [3.8, 4) is 11.1 Å². The predicted molar refractivity (Wildman–Crippen MR) is 317 cm³/mol. The zero-order chi connectivity index (χ0) is 50.7. The Kier molecular flexibility index (Phi) is 14.3. The molecule has 0 radical (unpaired) electrons. The number of hydrogen-bond acceptors (Lipinski definition) is 2. The Morgan fingerprint density at radius 3 is 2.03 bits per heavy atom. The number of para-hydroxylation sites is 2. The van der Waals surface area contributed by atoms with Gasteiger partial charge < -0.3 is 9.80 Å². The molecule has 1 aliphatic rings. The second-order valence-corrected chi connectivity index (χ2v) is 21.2. The smallest absolute Gasteiger partial charge is 0.0540 e. The van der Waals surface area contributed by atoms with Crippen LogP contribution in [0.2, 0.25) is 0 Å². The number of rotatable bonds is 12. The van der Waals surface area contributed by atoms with Gasteiger partial charge in [-0.2, -0.15) is 0 Å². The Labute approximate surface area is 430 Å². The number of allylic oxidation sites excluding steroid dienone is 8. The van der Waals surface area contributed by atoms with Crippen LogP contribution in [0, 0.1) is 12.8 Å². The lowest BCUT2D eigenvalue weighted by Gasteiger charge is -2.38. The van der Waals surface area contributed by atoms with Gasteiger partial charge in [0.15, 0.2) is 0 Å². The van der Waals surface area contributed by atoms with Crippen molar-refractivity contribution in [2.24, 2.45) is 5.92 Å². The number of benzene rings is 8. The molecule has 8 aromatic rings. The molecule has 0 heterocycles. The second-order valence-electron chi connectivity index (χ2n) is 21.2. The van der Waals surface area contributed by atoms with Crippen molar-refractivity contribution in [2.45, 2.75) is 91.9 Å². The summed E-state index contributed by atoms with van der Waals surface area (Å²) in [6, 6.07) is 58.3. The standard InChI is InChI=1S/C70H72N2/c1-12-26-53(42-40-51(6)71(11)66-37-24-23-36-64(66)69(7,8)9)72(54-28-15-14-16-29-54)65-45-44-60(56-31-17-18-32-57(56)65)68-59-34-20-19-33-58(59)67(61-43-38-48(3)47-62(61)68)52-27-25-46-70(10,50(5)13-2)63-35-22-21-30-55(63)49(4)39-41-52/h14-24,26-45,47,50H,4,6,12-13,25,46H2,1-3,5,7-11H3/b41-39-,42-40-,52-27+,53-26+/t50-,70?/m1/s1. The number of hydrogen-bond donors (Lipinski definition) is 0. The fraction of sp³-hybridized carbons (Fsp3) is 0.229. The van der Waals surface area contributed by atoms with Gasteiger partial charge >= 0.3 is 0 Å². The second kappa shape index (κ2) is 20.7. The van der Waals surface area contributed by atoms with Gasteiger partial charge in [-0.25, -0.2) is 0 Å². The van der Waals surface area contributed by atoms with E-state index in [0.29, 0.717) is 5.92 Å². The number of anilines is 3. The molecule has 0 aromatic heterocycles. The summed E-state index contributed by atoms with van der Waals surface area (Å²) in [4.78, 5) is 4.63. The molecule has 2 nitrogen and oxygen atoms in total. The Morgan fingerprint density at radius 1 is 0.667 bits per heavy atom. The first kappa shape index (κ1) is 49.6. The maximum atomic E-state index is 4.70. The summed E-state index contributed by atoms with van der Waals surface area (Å²) in [7, 11) is 2.12. The number of aryl methyl sites for hydroxylation is 1. The maximum Gasteiger partial charge on any atom is 0.0540 e. The highest BCUT2D eigenvalue weighted by Crippen LogP contribution is 2.48. The normalized spacial score (nSPS) is 17.2. The monoisotopic (exact) mass is 941 g/mol. The van der Waals surface area contributed by atoms with Crippen LogP contribution in [0.3, 0.4) is 0 Å². The maximum absolute atomic E-state index is 4.70. The van der Waals surface area contributed by atoms with E-state index in [2.05, 4.69) is 273 Å². The molecule has 72 heavy (non-hydrogen) atoms. The molecule has 0 N–H and O–H groups in total. The highest BCUT2D eigenvalue weighted by atomic mass is 15.2. The lowest BCUT2D eigenvalue weighted by molar-refractivity contribution is 0.286. The molecule has 0 spiro atoms. The van der Waals surface area contributed by atoms with Crippen molar-refractivity contribution >= 4 is 60.5 Å². The number of fused-ring (bicyclic) bond motifs is 4. The quantitative estimate of drug-likeness (QED) is 0.0890. The molecule has 8 aromatic carbocycles. The van der Waals surface area contributed by atoms with Crippen molar-refractivity contribution in [1.82, 2.24) is 0 Å². The molecule has 1 unspecified atom stereocenters. The Hall–Kier alpha value is -7.42. The molecule has 2 heteroatoms. The van der Waals surface area contributed by atoms with Gasteiger partial charge in [-0.05, 0) is 151 Å². The molecule has 0 bridgehead atoms. The lowest BCUT2D eigenvalue weighted by atomic mass is 9.66. The zero-order valence-electron chi connectivity index (χ0n) is 44.2. The first-order valence-electron chi connectivity index (χ1n) is 26.1. The molecule has 0 saturated heterocycles. The van der Waals surface area contributed by atoms with Gasteiger partial charge in [0, 0.05) is 35.2 Å². The van der Waals surface area contributed by atoms with E-state index in [0.717, 1.165) is 59.7 Å². The summed E-state index contributed by atoms with van der Waals surface area (Å²) in [5.74, 6) is 0.511. The molecule has 0 fully saturated rings. The summed E-state index contributed by atoms with van der Waals surface area (Å²) in [6.45, 7) is 27.8. The van der Waals surface area contributed by atoms with Gasteiger partial charge in [-0.3, -0.25) is 0 Å². The van der Waals surface area contributed by atoms with Crippen LogP contribution < -0.4 is 9.80 Å². The van der Waals surface area contributed by atoms with Crippen molar-refractivity contribution in [3.63, 3.8) is 0 Å². The average Bonchev–Trinajstić information content (AvgIpc) is 3.40. The van der Waals surface area contributed by atoms with E-state index in [1.165, 1.54) is 76.8 Å². The van der Waals surface area contributed by atoms with Crippen LogP contribution in [0.15, 0.2) is 219 Å². The van der Waals surface area contributed by atoms with Crippen LogP contribution in [0.5, 0.6) is 0 Å².